The monoisotopic (exact) mass is 247 g/mol. The van der Waals surface area contributed by atoms with Gasteiger partial charge in [0.2, 0.25) is 0 Å². The fourth-order valence-corrected chi connectivity index (χ4v) is 1.39. The molecule has 0 aliphatic heterocycles. The molecule has 0 aliphatic carbocycles. The van der Waals surface area contributed by atoms with Crippen LogP contribution >= 0.6 is 0 Å². The summed E-state index contributed by atoms with van der Waals surface area (Å²) in [5.74, 6) is -1.29. The molecule has 0 saturated carbocycles. The SMILES string of the molecule is Cc1ccc(F)c(Nc2ccc(C(=O)O)nn2)c1. The molecule has 0 spiro atoms. The zero-order valence-corrected chi connectivity index (χ0v) is 9.51. The van der Waals surface area contributed by atoms with E-state index < -0.39 is 11.8 Å². The Bertz CT molecular complexity index is 584. The fourth-order valence-electron chi connectivity index (χ4n) is 1.39. The number of nitrogens with one attached hydrogen (secondary N) is 1. The normalized spacial score (nSPS) is 10.1. The molecule has 1 aromatic heterocycles. The Labute approximate surface area is 102 Å². The first-order valence-electron chi connectivity index (χ1n) is 5.16. The number of halogens is 1. The summed E-state index contributed by atoms with van der Waals surface area (Å²) in [6, 6.07) is 7.35. The molecular weight excluding hydrogens is 237 g/mol. The van der Waals surface area contributed by atoms with Gasteiger partial charge in [0.05, 0.1) is 5.69 Å². The summed E-state index contributed by atoms with van der Waals surface area (Å²) in [6.45, 7) is 1.84. The van der Waals surface area contributed by atoms with Gasteiger partial charge in [-0.1, -0.05) is 6.07 Å². The van der Waals surface area contributed by atoms with Crippen LogP contribution in [-0.4, -0.2) is 21.3 Å². The Balaban J connectivity index is 2.23. The van der Waals surface area contributed by atoms with Crippen LogP contribution in [0.2, 0.25) is 0 Å². The van der Waals surface area contributed by atoms with Crippen molar-refractivity contribution in [2.45, 2.75) is 6.92 Å². The van der Waals surface area contributed by atoms with Crippen LogP contribution in [0, 0.1) is 12.7 Å². The highest BCUT2D eigenvalue weighted by atomic mass is 19.1. The highest BCUT2D eigenvalue weighted by Gasteiger charge is 2.07. The van der Waals surface area contributed by atoms with Crippen LogP contribution in [-0.2, 0) is 0 Å². The molecule has 2 aromatic rings. The van der Waals surface area contributed by atoms with Gasteiger partial charge in [0, 0.05) is 0 Å². The third kappa shape index (κ3) is 2.60. The van der Waals surface area contributed by atoms with Crippen molar-refractivity contribution in [1.82, 2.24) is 10.2 Å². The van der Waals surface area contributed by atoms with Crippen LogP contribution in [0.3, 0.4) is 0 Å². The van der Waals surface area contributed by atoms with Crippen molar-refractivity contribution < 1.29 is 14.3 Å². The van der Waals surface area contributed by atoms with Gasteiger partial charge >= 0.3 is 5.97 Å². The maximum atomic E-state index is 13.5. The number of carboxylic acid groups (broad SMARTS) is 1. The van der Waals surface area contributed by atoms with Gasteiger partial charge < -0.3 is 10.4 Å². The Morgan fingerprint density at radius 1 is 1.28 bits per heavy atom. The summed E-state index contributed by atoms with van der Waals surface area (Å²) in [6.07, 6.45) is 0. The molecule has 0 amide bonds. The van der Waals surface area contributed by atoms with E-state index in [-0.39, 0.29) is 17.2 Å². The molecule has 0 bridgehead atoms. The average molecular weight is 247 g/mol. The van der Waals surface area contributed by atoms with Crippen LogP contribution in [0.4, 0.5) is 15.9 Å². The predicted octanol–water partition coefficient (Wildman–Crippen LogP) is 2.37. The second-order valence-corrected chi connectivity index (χ2v) is 3.72. The first-order valence-corrected chi connectivity index (χ1v) is 5.16. The van der Waals surface area contributed by atoms with E-state index in [0.717, 1.165) is 5.56 Å². The van der Waals surface area contributed by atoms with Crippen molar-refractivity contribution in [1.29, 1.82) is 0 Å². The Kier molecular flexibility index (Phi) is 3.18. The molecule has 2 N–H and O–H groups in total. The van der Waals surface area contributed by atoms with Crippen molar-refractivity contribution in [2.24, 2.45) is 0 Å². The van der Waals surface area contributed by atoms with Crippen molar-refractivity contribution >= 4 is 17.5 Å². The number of carboxylic acids is 1. The molecule has 1 heterocycles. The summed E-state index contributed by atoms with van der Waals surface area (Å²) in [5.41, 5.74) is 1.01. The quantitative estimate of drug-likeness (QED) is 0.870. The summed E-state index contributed by atoms with van der Waals surface area (Å²) < 4.78 is 13.5. The van der Waals surface area contributed by atoms with Gasteiger partial charge in [-0.15, -0.1) is 10.2 Å². The number of aromatic carboxylic acids is 1. The fraction of sp³-hybridized carbons (Fsp3) is 0.0833. The summed E-state index contributed by atoms with van der Waals surface area (Å²) in [4.78, 5) is 10.6. The first kappa shape index (κ1) is 12.0. The summed E-state index contributed by atoms with van der Waals surface area (Å²) >= 11 is 0. The molecule has 0 unspecified atom stereocenters. The topological polar surface area (TPSA) is 75.1 Å². The molecule has 6 heteroatoms. The number of rotatable bonds is 3. The Morgan fingerprint density at radius 3 is 2.67 bits per heavy atom. The van der Waals surface area contributed by atoms with Crippen molar-refractivity contribution in [3.05, 3.63) is 47.4 Å². The predicted molar refractivity (Wildman–Crippen MR) is 63.4 cm³/mol. The molecule has 0 saturated heterocycles. The molecule has 0 atom stereocenters. The molecule has 0 fully saturated rings. The maximum Gasteiger partial charge on any atom is 0.356 e. The Hall–Kier alpha value is -2.50. The van der Waals surface area contributed by atoms with Crippen LogP contribution in [0.15, 0.2) is 30.3 Å². The van der Waals surface area contributed by atoms with Gasteiger partial charge in [-0.05, 0) is 36.8 Å². The van der Waals surface area contributed by atoms with E-state index in [4.69, 9.17) is 5.11 Å². The Morgan fingerprint density at radius 2 is 2.06 bits per heavy atom. The third-order valence-electron chi connectivity index (χ3n) is 2.27. The number of aromatic nitrogens is 2. The summed E-state index contributed by atoms with van der Waals surface area (Å²) in [7, 11) is 0. The largest absolute Gasteiger partial charge is 0.476 e. The minimum Gasteiger partial charge on any atom is -0.476 e. The lowest BCUT2D eigenvalue weighted by molar-refractivity contribution is 0.0689. The van der Waals surface area contributed by atoms with Crippen molar-refractivity contribution in [3.8, 4) is 0 Å². The lowest BCUT2D eigenvalue weighted by Crippen LogP contribution is -2.04. The van der Waals surface area contributed by atoms with Gasteiger partial charge in [0.25, 0.3) is 0 Å². The van der Waals surface area contributed by atoms with E-state index in [1.807, 2.05) is 6.92 Å². The first-order chi connectivity index (χ1) is 8.56. The average Bonchev–Trinajstić information content (AvgIpc) is 2.34. The van der Waals surface area contributed by atoms with E-state index in [0.29, 0.717) is 0 Å². The lowest BCUT2D eigenvalue weighted by atomic mass is 10.2. The number of anilines is 2. The van der Waals surface area contributed by atoms with Gasteiger partial charge in [-0.25, -0.2) is 9.18 Å². The van der Waals surface area contributed by atoms with Crippen LogP contribution in [0.5, 0.6) is 0 Å². The molecular formula is C12H10FN3O2. The minimum atomic E-state index is -1.16. The molecule has 0 aliphatic rings. The smallest absolute Gasteiger partial charge is 0.356 e. The van der Waals surface area contributed by atoms with Crippen LogP contribution < -0.4 is 5.32 Å². The molecule has 1 aromatic carbocycles. The van der Waals surface area contributed by atoms with E-state index >= 15 is 0 Å². The van der Waals surface area contributed by atoms with Gasteiger partial charge in [0.1, 0.15) is 5.82 Å². The van der Waals surface area contributed by atoms with Gasteiger partial charge in [0.15, 0.2) is 11.5 Å². The highest BCUT2D eigenvalue weighted by Crippen LogP contribution is 2.19. The zero-order valence-electron chi connectivity index (χ0n) is 9.51. The second kappa shape index (κ2) is 4.79. The summed E-state index contributed by atoms with van der Waals surface area (Å²) in [5, 5.41) is 18.6. The molecule has 92 valence electrons. The number of benzene rings is 1. The van der Waals surface area contributed by atoms with Crippen LogP contribution in [0.25, 0.3) is 0 Å². The van der Waals surface area contributed by atoms with Crippen molar-refractivity contribution in [2.75, 3.05) is 5.32 Å². The molecule has 18 heavy (non-hydrogen) atoms. The lowest BCUT2D eigenvalue weighted by Gasteiger charge is -2.07. The number of aryl methyl sites for hydroxylation is 1. The van der Waals surface area contributed by atoms with Crippen LogP contribution in [0.1, 0.15) is 16.1 Å². The van der Waals surface area contributed by atoms with Crippen molar-refractivity contribution in [3.63, 3.8) is 0 Å². The van der Waals surface area contributed by atoms with Gasteiger partial charge in [-0.3, -0.25) is 0 Å². The van der Waals surface area contributed by atoms with E-state index in [9.17, 15) is 9.18 Å². The van der Waals surface area contributed by atoms with Gasteiger partial charge in [-0.2, -0.15) is 0 Å². The zero-order chi connectivity index (χ0) is 13.1. The standard InChI is InChI=1S/C12H10FN3O2/c1-7-2-3-8(13)10(6-7)14-11-5-4-9(12(17)18)15-16-11/h2-6H,1H3,(H,14,16)(H,17,18). The van der Waals surface area contributed by atoms with E-state index in [1.54, 1.807) is 12.1 Å². The minimum absolute atomic E-state index is 0.162. The maximum absolute atomic E-state index is 13.5. The number of hydrogen-bond acceptors (Lipinski definition) is 4. The van der Waals surface area contributed by atoms with E-state index in [1.165, 1.54) is 18.2 Å². The molecule has 5 nitrogen and oxygen atoms in total. The number of nitrogens with zero attached hydrogens (tertiary/aromatic N) is 2. The molecule has 0 radical (unpaired) electrons. The van der Waals surface area contributed by atoms with E-state index in [2.05, 4.69) is 15.5 Å². The third-order valence-corrected chi connectivity index (χ3v) is 2.27. The highest BCUT2D eigenvalue weighted by molar-refractivity contribution is 5.85. The second-order valence-electron chi connectivity index (χ2n) is 3.72. The molecule has 2 rings (SSSR count). The number of carbonyl (C=O) groups is 1. The number of hydrogen-bond donors (Lipinski definition) is 2.